The van der Waals surface area contributed by atoms with Crippen molar-refractivity contribution in [3.63, 3.8) is 0 Å². The van der Waals surface area contributed by atoms with E-state index in [9.17, 15) is 4.39 Å². The summed E-state index contributed by atoms with van der Waals surface area (Å²) >= 11 is 0. The molecule has 1 aromatic rings. The molecule has 1 N–H and O–H groups in total. The van der Waals surface area contributed by atoms with E-state index in [-0.39, 0.29) is 11.9 Å². The molecule has 2 rings (SSSR count). The van der Waals surface area contributed by atoms with Crippen molar-refractivity contribution in [2.45, 2.75) is 25.8 Å². The molecule has 0 aliphatic carbocycles. The number of unbranched alkanes of at least 4 members (excludes halogenated alkanes) is 1. The van der Waals surface area contributed by atoms with E-state index >= 15 is 0 Å². The van der Waals surface area contributed by atoms with Crippen LogP contribution >= 0.6 is 0 Å². The van der Waals surface area contributed by atoms with Crippen LogP contribution < -0.4 is 5.32 Å². The first kappa shape index (κ1) is 21.4. The van der Waals surface area contributed by atoms with E-state index in [0.29, 0.717) is 6.54 Å². The summed E-state index contributed by atoms with van der Waals surface area (Å²) in [4.78, 5) is 9.43. The van der Waals surface area contributed by atoms with Crippen LogP contribution in [-0.4, -0.2) is 68.7 Å². The molecule has 1 aromatic carbocycles. The van der Waals surface area contributed by atoms with Crippen molar-refractivity contribution in [2.24, 2.45) is 4.99 Å². The fourth-order valence-electron chi connectivity index (χ4n) is 3.23. The van der Waals surface area contributed by atoms with Crippen LogP contribution in [0.15, 0.2) is 41.9 Å². The lowest BCUT2D eigenvalue weighted by Crippen LogP contribution is -2.42. The number of rotatable bonds is 9. The summed E-state index contributed by atoms with van der Waals surface area (Å²) in [5.74, 6) is 0.695. The van der Waals surface area contributed by atoms with Gasteiger partial charge in [0.05, 0.1) is 25.8 Å². The highest BCUT2D eigenvalue weighted by atomic mass is 19.1. The topological polar surface area (TPSA) is 40.1 Å². The van der Waals surface area contributed by atoms with Crippen LogP contribution in [0.2, 0.25) is 0 Å². The number of ether oxygens (including phenoxy) is 1. The fraction of sp³-hybridized carbons (Fsp3) is 0.571. The number of nitrogens with zero attached hydrogens (tertiary/aromatic N) is 3. The number of benzene rings is 1. The Morgan fingerprint density at radius 1 is 1.37 bits per heavy atom. The molecule has 6 heteroatoms. The summed E-state index contributed by atoms with van der Waals surface area (Å²) in [5.41, 5.74) is 1.09. The Morgan fingerprint density at radius 3 is 2.70 bits per heavy atom. The average Bonchev–Trinajstić information content (AvgIpc) is 2.69. The van der Waals surface area contributed by atoms with Crippen LogP contribution in [-0.2, 0) is 4.74 Å². The highest BCUT2D eigenvalue weighted by Crippen LogP contribution is 2.23. The normalized spacial score (nSPS) is 16.8. The Morgan fingerprint density at radius 2 is 2.07 bits per heavy atom. The Kier molecular flexibility index (Phi) is 9.28. The van der Waals surface area contributed by atoms with Gasteiger partial charge in [-0.05, 0) is 37.5 Å². The molecule has 1 aliphatic heterocycles. The van der Waals surface area contributed by atoms with Crippen molar-refractivity contribution in [3.05, 3.63) is 48.3 Å². The molecule has 0 aromatic heterocycles. The molecule has 0 amide bonds. The van der Waals surface area contributed by atoms with Gasteiger partial charge in [0.15, 0.2) is 5.96 Å². The van der Waals surface area contributed by atoms with Crippen molar-refractivity contribution in [1.29, 1.82) is 0 Å². The van der Waals surface area contributed by atoms with E-state index in [1.54, 1.807) is 0 Å². The molecule has 27 heavy (non-hydrogen) atoms. The van der Waals surface area contributed by atoms with Gasteiger partial charge in [-0.3, -0.25) is 9.89 Å². The summed E-state index contributed by atoms with van der Waals surface area (Å²) in [6.07, 6.45) is 3.99. The molecule has 1 unspecified atom stereocenters. The van der Waals surface area contributed by atoms with Gasteiger partial charge in [-0.2, -0.15) is 0 Å². The molecule has 0 radical (unpaired) electrons. The van der Waals surface area contributed by atoms with Gasteiger partial charge in [-0.15, -0.1) is 6.58 Å². The monoisotopic (exact) mass is 376 g/mol. The van der Waals surface area contributed by atoms with Gasteiger partial charge in [0.1, 0.15) is 5.82 Å². The Bertz CT molecular complexity index is 584. The van der Waals surface area contributed by atoms with Crippen LogP contribution in [0.3, 0.4) is 0 Å². The van der Waals surface area contributed by atoms with Crippen molar-refractivity contribution < 1.29 is 9.13 Å². The first-order valence-electron chi connectivity index (χ1n) is 9.83. The van der Waals surface area contributed by atoms with Crippen LogP contribution in [0.4, 0.5) is 4.39 Å². The maximum atomic E-state index is 13.4. The molecular formula is C21H33FN4O. The van der Waals surface area contributed by atoms with Gasteiger partial charge in [-0.1, -0.05) is 18.2 Å². The molecule has 0 bridgehead atoms. The second-order valence-corrected chi connectivity index (χ2v) is 6.76. The molecule has 5 nitrogen and oxygen atoms in total. The number of aliphatic imine (C=N–C) groups is 1. The smallest absolute Gasteiger partial charge is 0.193 e. The molecule has 1 heterocycles. The number of halogens is 1. The molecule has 1 fully saturated rings. The first-order chi connectivity index (χ1) is 13.2. The SMILES string of the molecule is C=CCCCN(C)C(=NCC(c1ccc(F)cc1)N1CCOCC1)NCC. The lowest BCUT2D eigenvalue weighted by atomic mass is 10.0. The average molecular weight is 377 g/mol. The van der Waals surface area contributed by atoms with Crippen LogP contribution in [0, 0.1) is 5.82 Å². The van der Waals surface area contributed by atoms with E-state index < -0.39 is 0 Å². The quantitative estimate of drug-likeness (QED) is 0.311. The molecule has 1 aliphatic rings. The third-order valence-corrected chi connectivity index (χ3v) is 4.75. The van der Waals surface area contributed by atoms with Crippen LogP contribution in [0.25, 0.3) is 0 Å². The minimum absolute atomic E-state index is 0.115. The summed E-state index contributed by atoms with van der Waals surface area (Å²) in [6, 6.07) is 6.90. The lowest BCUT2D eigenvalue weighted by molar-refractivity contribution is 0.0179. The fourth-order valence-corrected chi connectivity index (χ4v) is 3.23. The summed E-state index contributed by atoms with van der Waals surface area (Å²) in [6.45, 7) is 11.4. The zero-order chi connectivity index (χ0) is 19.5. The van der Waals surface area contributed by atoms with Gasteiger partial charge >= 0.3 is 0 Å². The summed E-state index contributed by atoms with van der Waals surface area (Å²) < 4.78 is 18.9. The number of guanidine groups is 1. The number of nitrogens with one attached hydrogen (secondary N) is 1. The number of morpholine rings is 1. The zero-order valence-electron chi connectivity index (χ0n) is 16.7. The molecular weight excluding hydrogens is 343 g/mol. The molecule has 0 spiro atoms. The maximum Gasteiger partial charge on any atom is 0.193 e. The summed E-state index contributed by atoms with van der Waals surface area (Å²) in [5, 5.41) is 3.38. The zero-order valence-corrected chi connectivity index (χ0v) is 16.7. The number of hydrogen-bond donors (Lipinski definition) is 1. The van der Waals surface area contributed by atoms with Crippen molar-refractivity contribution in [2.75, 3.05) is 53.0 Å². The number of allylic oxidation sites excluding steroid dienone is 1. The second-order valence-electron chi connectivity index (χ2n) is 6.76. The highest BCUT2D eigenvalue weighted by Gasteiger charge is 2.23. The van der Waals surface area contributed by atoms with Gasteiger partial charge < -0.3 is 15.0 Å². The molecule has 1 atom stereocenters. The van der Waals surface area contributed by atoms with Crippen LogP contribution in [0.5, 0.6) is 0 Å². The van der Waals surface area contributed by atoms with Crippen LogP contribution in [0.1, 0.15) is 31.4 Å². The third-order valence-electron chi connectivity index (χ3n) is 4.75. The minimum atomic E-state index is -0.210. The number of hydrogen-bond acceptors (Lipinski definition) is 3. The van der Waals surface area contributed by atoms with E-state index in [0.717, 1.165) is 63.8 Å². The third kappa shape index (κ3) is 6.96. The highest BCUT2D eigenvalue weighted by molar-refractivity contribution is 5.79. The first-order valence-corrected chi connectivity index (χ1v) is 9.83. The standard InChI is InChI=1S/C21H33FN4O/c1-4-6-7-12-25(3)21(23-5-2)24-17-20(26-13-15-27-16-14-26)18-8-10-19(22)11-9-18/h4,8-11,20H,1,5-7,12-17H2,2-3H3,(H,23,24). The van der Waals surface area contributed by atoms with E-state index in [2.05, 4.69) is 35.7 Å². The summed E-state index contributed by atoms with van der Waals surface area (Å²) in [7, 11) is 2.06. The molecule has 1 saturated heterocycles. The largest absolute Gasteiger partial charge is 0.379 e. The van der Waals surface area contributed by atoms with Gasteiger partial charge in [0, 0.05) is 33.2 Å². The lowest BCUT2D eigenvalue weighted by Gasteiger charge is -2.34. The minimum Gasteiger partial charge on any atom is -0.379 e. The van der Waals surface area contributed by atoms with Crippen molar-refractivity contribution in [1.82, 2.24) is 15.1 Å². The van der Waals surface area contributed by atoms with Gasteiger partial charge in [0.25, 0.3) is 0 Å². The second kappa shape index (κ2) is 11.7. The van der Waals surface area contributed by atoms with Crippen molar-refractivity contribution >= 4 is 5.96 Å². The maximum absolute atomic E-state index is 13.4. The van der Waals surface area contributed by atoms with Gasteiger partial charge in [0.2, 0.25) is 0 Å². The Hall–Kier alpha value is -1.92. The molecule has 150 valence electrons. The molecule has 0 saturated carbocycles. The van der Waals surface area contributed by atoms with Crippen molar-refractivity contribution in [3.8, 4) is 0 Å². The van der Waals surface area contributed by atoms with E-state index in [1.807, 2.05) is 18.2 Å². The predicted molar refractivity (Wildman–Crippen MR) is 110 cm³/mol. The van der Waals surface area contributed by atoms with E-state index in [1.165, 1.54) is 12.1 Å². The van der Waals surface area contributed by atoms with E-state index in [4.69, 9.17) is 9.73 Å². The van der Waals surface area contributed by atoms with Gasteiger partial charge in [-0.25, -0.2) is 4.39 Å². The Labute approximate surface area is 162 Å². The Balaban J connectivity index is 2.13. The predicted octanol–water partition coefficient (Wildman–Crippen LogP) is 3.06.